The van der Waals surface area contributed by atoms with E-state index in [1.165, 1.54) is 38.5 Å². The summed E-state index contributed by atoms with van der Waals surface area (Å²) in [5.41, 5.74) is 0. The first-order valence-electron chi connectivity index (χ1n) is 14.4. The smallest absolute Gasteiger partial charge is 0.206 e. The zero-order valence-electron chi connectivity index (χ0n) is 26.7. The Morgan fingerprint density at radius 1 is 0.409 bits per heavy atom. The van der Waals surface area contributed by atoms with Gasteiger partial charge in [0.1, 0.15) is 23.0 Å². The summed E-state index contributed by atoms with van der Waals surface area (Å²) < 4.78 is 70.3. The fourth-order valence-electron chi connectivity index (χ4n) is 3.55. The molecule has 0 aliphatic rings. The molecule has 0 N–H and O–H groups in total. The van der Waals surface area contributed by atoms with Crippen molar-refractivity contribution in [3.8, 4) is 23.0 Å². The van der Waals surface area contributed by atoms with Crippen LogP contribution in [0.3, 0.4) is 0 Å². The molecule has 0 saturated carbocycles. The van der Waals surface area contributed by atoms with Gasteiger partial charge in [-0.25, -0.2) is 16.8 Å². The van der Waals surface area contributed by atoms with Gasteiger partial charge < -0.3 is 18.9 Å². The van der Waals surface area contributed by atoms with E-state index in [0.29, 0.717) is 36.2 Å². The second kappa shape index (κ2) is 19.3. The molecule has 0 saturated heterocycles. The first kappa shape index (κ1) is 38.0. The Morgan fingerprint density at radius 2 is 0.614 bits per heavy atom. The van der Waals surface area contributed by atoms with Crippen molar-refractivity contribution in [1.29, 1.82) is 0 Å². The van der Waals surface area contributed by atoms with Crippen LogP contribution < -0.4 is 18.9 Å². The minimum absolute atomic E-state index is 0.238. The SMILES string of the molecule is CC.CC.CCOc1ccc(S(=O)(=O)c2ccc(OC)cc2)cc1.CCOc1ccc(S(=O)(=O)c2ccc(OC)cc2)cc1. The van der Waals surface area contributed by atoms with Crippen LogP contribution in [-0.4, -0.2) is 44.3 Å². The molecule has 8 nitrogen and oxygen atoms in total. The van der Waals surface area contributed by atoms with Crippen LogP contribution in [0.1, 0.15) is 41.5 Å². The maximum Gasteiger partial charge on any atom is 0.206 e. The molecule has 4 aromatic rings. The van der Waals surface area contributed by atoms with E-state index < -0.39 is 19.7 Å². The number of benzene rings is 4. The van der Waals surface area contributed by atoms with Crippen molar-refractivity contribution in [1.82, 2.24) is 0 Å². The highest BCUT2D eigenvalue weighted by atomic mass is 32.2. The van der Waals surface area contributed by atoms with E-state index in [1.807, 2.05) is 41.5 Å². The van der Waals surface area contributed by atoms with Crippen LogP contribution in [0.2, 0.25) is 0 Å². The summed E-state index contributed by atoms with van der Waals surface area (Å²) >= 11 is 0. The number of methoxy groups -OCH3 is 2. The second-order valence-electron chi connectivity index (χ2n) is 8.17. The molecule has 4 aromatic carbocycles. The maximum absolute atomic E-state index is 12.4. The summed E-state index contributed by atoms with van der Waals surface area (Å²) in [4.78, 5) is 0.960. The standard InChI is InChI=1S/2C15H16O4S.2C2H6/c2*1-3-19-13-6-10-15(11-7-13)20(16,17)14-8-4-12(18-2)5-9-14;2*1-2/h2*4-11H,3H2,1-2H3;2*1-2H3. The van der Waals surface area contributed by atoms with Crippen molar-refractivity contribution >= 4 is 19.7 Å². The van der Waals surface area contributed by atoms with E-state index in [2.05, 4.69) is 0 Å². The van der Waals surface area contributed by atoms with Gasteiger partial charge in [-0.2, -0.15) is 0 Å². The molecule has 0 radical (unpaired) electrons. The fourth-order valence-corrected chi connectivity index (χ4v) is 6.07. The van der Waals surface area contributed by atoms with Crippen molar-refractivity contribution < 1.29 is 35.8 Å². The zero-order chi connectivity index (χ0) is 33.2. The van der Waals surface area contributed by atoms with Crippen molar-refractivity contribution in [2.75, 3.05) is 27.4 Å². The Morgan fingerprint density at radius 3 is 0.795 bits per heavy atom. The third-order valence-corrected chi connectivity index (χ3v) is 9.20. The van der Waals surface area contributed by atoms with Gasteiger partial charge in [0.15, 0.2) is 0 Å². The van der Waals surface area contributed by atoms with E-state index in [9.17, 15) is 16.8 Å². The Balaban J connectivity index is 0.000000395. The Kier molecular flexibility index (Phi) is 16.7. The van der Waals surface area contributed by atoms with Gasteiger partial charge in [0, 0.05) is 0 Å². The lowest BCUT2D eigenvalue weighted by molar-refractivity contribution is 0.340. The Bertz CT molecular complexity index is 1440. The van der Waals surface area contributed by atoms with E-state index in [-0.39, 0.29) is 19.6 Å². The molecular formula is C34H44O8S2. The van der Waals surface area contributed by atoms with Crippen LogP contribution in [0.5, 0.6) is 23.0 Å². The molecule has 0 aromatic heterocycles. The molecule has 0 bridgehead atoms. The summed E-state index contributed by atoms with van der Waals surface area (Å²) in [6.45, 7) is 12.8. The van der Waals surface area contributed by atoms with Crippen molar-refractivity contribution in [3.63, 3.8) is 0 Å². The molecule has 0 atom stereocenters. The molecule has 0 amide bonds. The third-order valence-electron chi connectivity index (χ3n) is 5.63. The van der Waals surface area contributed by atoms with Crippen molar-refractivity contribution in [2.24, 2.45) is 0 Å². The van der Waals surface area contributed by atoms with Gasteiger partial charge >= 0.3 is 0 Å². The van der Waals surface area contributed by atoms with Gasteiger partial charge in [-0.1, -0.05) is 27.7 Å². The highest BCUT2D eigenvalue weighted by Gasteiger charge is 2.18. The number of rotatable bonds is 10. The highest BCUT2D eigenvalue weighted by Crippen LogP contribution is 2.26. The van der Waals surface area contributed by atoms with Crippen molar-refractivity contribution in [2.45, 2.75) is 61.1 Å². The number of sulfone groups is 2. The van der Waals surface area contributed by atoms with Crippen LogP contribution in [0.15, 0.2) is 117 Å². The number of ether oxygens (including phenoxy) is 4. The molecular weight excluding hydrogens is 601 g/mol. The largest absolute Gasteiger partial charge is 0.497 e. The predicted octanol–water partition coefficient (Wildman–Crippen LogP) is 7.91. The minimum Gasteiger partial charge on any atom is -0.497 e. The molecule has 10 heteroatoms. The topological polar surface area (TPSA) is 105 Å². The molecule has 4 rings (SSSR count). The van der Waals surface area contributed by atoms with Gasteiger partial charge in [0.05, 0.1) is 47.0 Å². The molecule has 0 spiro atoms. The first-order chi connectivity index (χ1) is 21.1. The molecule has 240 valence electrons. The van der Waals surface area contributed by atoms with Gasteiger partial charge in [-0.05, 0) is 111 Å². The van der Waals surface area contributed by atoms with Gasteiger partial charge in [-0.15, -0.1) is 0 Å². The molecule has 44 heavy (non-hydrogen) atoms. The van der Waals surface area contributed by atoms with Crippen LogP contribution >= 0.6 is 0 Å². The lowest BCUT2D eigenvalue weighted by Gasteiger charge is -2.07. The van der Waals surface area contributed by atoms with Gasteiger partial charge in [0.25, 0.3) is 0 Å². The summed E-state index contributed by atoms with van der Waals surface area (Å²) in [6.07, 6.45) is 0. The third kappa shape index (κ3) is 10.6. The van der Waals surface area contributed by atoms with E-state index in [1.54, 1.807) is 72.8 Å². The molecule has 0 unspecified atom stereocenters. The minimum atomic E-state index is -3.51. The quantitative estimate of drug-likeness (QED) is 0.172. The van der Waals surface area contributed by atoms with Crippen LogP contribution in [0.4, 0.5) is 0 Å². The Labute approximate surface area is 263 Å². The average Bonchev–Trinajstić information content (AvgIpc) is 3.08. The normalized spacial score (nSPS) is 10.4. The van der Waals surface area contributed by atoms with Crippen LogP contribution in [-0.2, 0) is 19.7 Å². The summed E-state index contributed by atoms with van der Waals surface area (Å²) in [5, 5.41) is 0. The maximum atomic E-state index is 12.4. The molecule has 0 aliphatic carbocycles. The van der Waals surface area contributed by atoms with Crippen LogP contribution in [0, 0.1) is 0 Å². The summed E-state index contributed by atoms with van der Waals surface area (Å²) in [7, 11) is -3.94. The number of hydrogen-bond donors (Lipinski definition) is 0. The van der Waals surface area contributed by atoms with Crippen molar-refractivity contribution in [3.05, 3.63) is 97.1 Å². The first-order valence-corrected chi connectivity index (χ1v) is 17.4. The highest BCUT2D eigenvalue weighted by molar-refractivity contribution is 7.91. The molecule has 0 heterocycles. The summed E-state index contributed by atoms with van der Waals surface area (Å²) in [5.74, 6) is 2.55. The Hall–Kier alpha value is -4.02. The summed E-state index contributed by atoms with van der Waals surface area (Å²) in [6, 6.07) is 25.4. The van der Waals surface area contributed by atoms with Crippen LogP contribution in [0.25, 0.3) is 0 Å². The molecule has 0 aliphatic heterocycles. The van der Waals surface area contributed by atoms with Gasteiger partial charge in [0.2, 0.25) is 19.7 Å². The van der Waals surface area contributed by atoms with E-state index in [0.717, 1.165) is 0 Å². The predicted molar refractivity (Wildman–Crippen MR) is 175 cm³/mol. The lowest BCUT2D eigenvalue weighted by Crippen LogP contribution is -2.02. The lowest BCUT2D eigenvalue weighted by atomic mass is 10.3. The second-order valence-corrected chi connectivity index (χ2v) is 12.1. The average molecular weight is 645 g/mol. The molecule has 0 fully saturated rings. The van der Waals surface area contributed by atoms with Gasteiger partial charge in [-0.3, -0.25) is 0 Å². The number of hydrogen-bond acceptors (Lipinski definition) is 8. The van der Waals surface area contributed by atoms with E-state index in [4.69, 9.17) is 18.9 Å². The monoisotopic (exact) mass is 644 g/mol. The van der Waals surface area contributed by atoms with E-state index >= 15 is 0 Å². The fraction of sp³-hybridized carbons (Fsp3) is 0.294. The zero-order valence-corrected chi connectivity index (χ0v) is 28.4.